The van der Waals surface area contributed by atoms with Gasteiger partial charge in [0.1, 0.15) is 0 Å². The van der Waals surface area contributed by atoms with Gasteiger partial charge in [0, 0.05) is 5.54 Å². The third-order valence-corrected chi connectivity index (χ3v) is 3.04. The minimum absolute atomic E-state index is 0.0684. The molecule has 1 aliphatic heterocycles. The third kappa shape index (κ3) is 4.73. The number of piperidine rings is 1. The Hall–Kier alpha value is -1.10. The van der Waals surface area contributed by atoms with Gasteiger partial charge in [0.2, 0.25) is 5.91 Å². The summed E-state index contributed by atoms with van der Waals surface area (Å²) >= 11 is 0. The first-order chi connectivity index (χ1) is 7.80. The first-order valence-electron chi connectivity index (χ1n) is 6.07. The van der Waals surface area contributed by atoms with Crippen LogP contribution in [0.15, 0.2) is 0 Å². The molecule has 5 heteroatoms. The van der Waals surface area contributed by atoms with Crippen LogP contribution in [0.2, 0.25) is 0 Å². The second-order valence-corrected chi connectivity index (χ2v) is 5.58. The van der Waals surface area contributed by atoms with E-state index in [1.807, 2.05) is 0 Å². The Bertz CT molecular complexity index is 302. The smallest absolute Gasteiger partial charge is 0.305 e. The van der Waals surface area contributed by atoms with Crippen LogP contribution < -0.4 is 10.6 Å². The molecule has 0 aromatic carbocycles. The summed E-state index contributed by atoms with van der Waals surface area (Å²) in [6, 6.07) is -0.188. The van der Waals surface area contributed by atoms with E-state index in [1.54, 1.807) is 13.8 Å². The van der Waals surface area contributed by atoms with E-state index >= 15 is 0 Å². The molecular weight excluding hydrogens is 220 g/mol. The molecule has 0 aromatic rings. The van der Waals surface area contributed by atoms with Gasteiger partial charge >= 0.3 is 5.97 Å². The van der Waals surface area contributed by atoms with Gasteiger partial charge in [0.25, 0.3) is 0 Å². The van der Waals surface area contributed by atoms with E-state index in [0.717, 1.165) is 19.4 Å². The normalized spacial score (nSPS) is 25.4. The summed E-state index contributed by atoms with van der Waals surface area (Å²) in [5, 5.41) is 14.7. The molecule has 0 aliphatic carbocycles. The fourth-order valence-corrected chi connectivity index (χ4v) is 2.15. The molecule has 0 radical (unpaired) electrons. The van der Waals surface area contributed by atoms with Gasteiger partial charge in [0.15, 0.2) is 0 Å². The molecule has 1 saturated heterocycles. The average Bonchev–Trinajstić information content (AvgIpc) is 2.14. The first-order valence-corrected chi connectivity index (χ1v) is 6.07. The number of amides is 1. The van der Waals surface area contributed by atoms with Gasteiger partial charge in [-0.15, -0.1) is 0 Å². The van der Waals surface area contributed by atoms with E-state index in [0.29, 0.717) is 5.92 Å². The molecule has 1 rings (SSSR count). The van der Waals surface area contributed by atoms with Crippen molar-refractivity contribution in [3.8, 4) is 0 Å². The highest BCUT2D eigenvalue weighted by molar-refractivity contribution is 5.83. The lowest BCUT2D eigenvalue weighted by Crippen LogP contribution is -2.54. The first kappa shape index (κ1) is 14.0. The van der Waals surface area contributed by atoms with Crippen LogP contribution in [0.4, 0.5) is 0 Å². The lowest BCUT2D eigenvalue weighted by atomic mass is 9.92. The van der Waals surface area contributed by atoms with Crippen molar-refractivity contribution in [2.75, 3.05) is 6.54 Å². The summed E-state index contributed by atoms with van der Waals surface area (Å²) in [7, 11) is 0. The van der Waals surface area contributed by atoms with Crippen molar-refractivity contribution in [3.05, 3.63) is 0 Å². The fraction of sp³-hybridized carbons (Fsp3) is 0.833. The summed E-state index contributed by atoms with van der Waals surface area (Å²) in [5.41, 5.74) is -0.703. The Labute approximate surface area is 102 Å². The Balaban J connectivity index is 2.50. The second kappa shape index (κ2) is 5.49. The largest absolute Gasteiger partial charge is 0.481 e. The van der Waals surface area contributed by atoms with Crippen LogP contribution >= 0.6 is 0 Å². The van der Waals surface area contributed by atoms with Crippen molar-refractivity contribution in [1.29, 1.82) is 0 Å². The molecule has 1 fully saturated rings. The predicted molar refractivity (Wildman–Crippen MR) is 64.7 cm³/mol. The number of carboxylic acids is 1. The van der Waals surface area contributed by atoms with Crippen LogP contribution in [-0.4, -0.2) is 35.1 Å². The molecule has 98 valence electrons. The lowest BCUT2D eigenvalue weighted by molar-refractivity contribution is -0.138. The number of hydrogen-bond donors (Lipinski definition) is 3. The lowest BCUT2D eigenvalue weighted by Gasteiger charge is -2.31. The maximum absolute atomic E-state index is 12.0. The van der Waals surface area contributed by atoms with Crippen molar-refractivity contribution < 1.29 is 14.7 Å². The maximum Gasteiger partial charge on any atom is 0.305 e. The highest BCUT2D eigenvalue weighted by Crippen LogP contribution is 2.16. The molecule has 1 amide bonds. The summed E-state index contributed by atoms with van der Waals surface area (Å²) in [4.78, 5) is 22.6. The Morgan fingerprint density at radius 1 is 1.47 bits per heavy atom. The molecule has 0 saturated carbocycles. The minimum Gasteiger partial charge on any atom is -0.481 e. The molecule has 1 aliphatic rings. The highest BCUT2D eigenvalue weighted by atomic mass is 16.4. The summed E-state index contributed by atoms with van der Waals surface area (Å²) in [5.74, 6) is -0.461. The number of aliphatic carboxylic acids is 1. The maximum atomic E-state index is 12.0. The number of carbonyl (C=O) groups is 2. The molecule has 0 spiro atoms. The van der Waals surface area contributed by atoms with Crippen LogP contribution in [0.1, 0.15) is 40.0 Å². The second-order valence-electron chi connectivity index (χ2n) is 5.58. The molecule has 1 heterocycles. The van der Waals surface area contributed by atoms with Gasteiger partial charge in [-0.1, -0.05) is 6.92 Å². The van der Waals surface area contributed by atoms with Crippen LogP contribution in [0.5, 0.6) is 0 Å². The predicted octanol–water partition coefficient (Wildman–Crippen LogP) is 0.744. The molecule has 0 bridgehead atoms. The van der Waals surface area contributed by atoms with Crippen LogP contribution in [0.25, 0.3) is 0 Å². The number of rotatable bonds is 4. The number of nitrogens with one attached hydrogen (secondary N) is 2. The standard InChI is InChI=1S/C12H22N2O3/c1-8-4-5-13-9(6-8)11(17)14-12(2,3)7-10(15)16/h8-9,13H,4-7H2,1-3H3,(H,14,17)(H,15,16). The average molecular weight is 242 g/mol. The van der Waals surface area contributed by atoms with Gasteiger partial charge in [-0.05, 0) is 39.2 Å². The summed E-state index contributed by atoms with van der Waals surface area (Å²) in [6.07, 6.45) is 1.83. The Kier molecular flexibility index (Phi) is 4.51. The van der Waals surface area contributed by atoms with Crippen molar-refractivity contribution in [2.45, 2.75) is 51.6 Å². The van der Waals surface area contributed by atoms with Crippen LogP contribution in [0, 0.1) is 5.92 Å². The molecule has 3 N–H and O–H groups in total. The zero-order valence-electron chi connectivity index (χ0n) is 10.7. The summed E-state index contributed by atoms with van der Waals surface area (Å²) in [6.45, 7) is 6.43. The van der Waals surface area contributed by atoms with E-state index in [1.165, 1.54) is 0 Å². The van der Waals surface area contributed by atoms with Gasteiger partial charge in [-0.2, -0.15) is 0 Å². The number of carbonyl (C=O) groups excluding carboxylic acids is 1. The number of carboxylic acid groups (broad SMARTS) is 1. The van der Waals surface area contributed by atoms with Gasteiger partial charge < -0.3 is 15.7 Å². The molecule has 0 aromatic heterocycles. The fourth-order valence-electron chi connectivity index (χ4n) is 2.15. The van der Waals surface area contributed by atoms with Crippen molar-refractivity contribution in [2.24, 2.45) is 5.92 Å². The molecular formula is C12H22N2O3. The zero-order chi connectivity index (χ0) is 13.1. The van der Waals surface area contributed by atoms with Gasteiger partial charge in [0.05, 0.1) is 12.5 Å². The third-order valence-electron chi connectivity index (χ3n) is 3.04. The van der Waals surface area contributed by atoms with E-state index in [-0.39, 0.29) is 18.4 Å². The SMILES string of the molecule is CC1CCNC(C(=O)NC(C)(C)CC(=O)O)C1. The van der Waals surface area contributed by atoms with Crippen LogP contribution in [0.3, 0.4) is 0 Å². The molecule has 2 unspecified atom stereocenters. The van der Waals surface area contributed by atoms with Gasteiger partial charge in [-0.3, -0.25) is 9.59 Å². The zero-order valence-corrected chi connectivity index (χ0v) is 10.7. The number of hydrogen-bond acceptors (Lipinski definition) is 3. The van der Waals surface area contributed by atoms with Crippen LogP contribution in [-0.2, 0) is 9.59 Å². The van der Waals surface area contributed by atoms with E-state index in [4.69, 9.17) is 5.11 Å². The quantitative estimate of drug-likeness (QED) is 0.679. The van der Waals surface area contributed by atoms with E-state index in [2.05, 4.69) is 17.6 Å². The van der Waals surface area contributed by atoms with Crippen molar-refractivity contribution >= 4 is 11.9 Å². The van der Waals surface area contributed by atoms with Crippen molar-refractivity contribution in [3.63, 3.8) is 0 Å². The molecule has 17 heavy (non-hydrogen) atoms. The van der Waals surface area contributed by atoms with Crippen molar-refractivity contribution in [1.82, 2.24) is 10.6 Å². The Morgan fingerprint density at radius 2 is 2.12 bits per heavy atom. The van der Waals surface area contributed by atoms with E-state index in [9.17, 15) is 9.59 Å². The summed E-state index contributed by atoms with van der Waals surface area (Å²) < 4.78 is 0. The topological polar surface area (TPSA) is 78.4 Å². The minimum atomic E-state index is -0.903. The highest BCUT2D eigenvalue weighted by Gasteiger charge is 2.30. The Morgan fingerprint density at radius 3 is 2.65 bits per heavy atom. The molecule has 5 nitrogen and oxygen atoms in total. The molecule has 2 atom stereocenters. The monoisotopic (exact) mass is 242 g/mol. The van der Waals surface area contributed by atoms with Gasteiger partial charge in [-0.25, -0.2) is 0 Å². The van der Waals surface area contributed by atoms with E-state index < -0.39 is 11.5 Å².